The van der Waals surface area contributed by atoms with Gasteiger partial charge in [0.05, 0.1) is 32.6 Å². The van der Waals surface area contributed by atoms with E-state index in [1.807, 2.05) is 10.6 Å². The highest BCUT2D eigenvalue weighted by molar-refractivity contribution is 6.42. The number of alkyl halides is 1. The second kappa shape index (κ2) is 5.53. The number of hydrogen-bond acceptors (Lipinski definition) is 1. The molecule has 2 aromatic carbocycles. The molecule has 0 atom stereocenters. The first-order valence-electron chi connectivity index (χ1n) is 6.51. The predicted molar refractivity (Wildman–Crippen MR) is 90.1 cm³/mol. The van der Waals surface area contributed by atoms with Crippen molar-refractivity contribution in [2.75, 3.05) is 0 Å². The lowest BCUT2D eigenvalue weighted by Crippen LogP contribution is -2.01. The summed E-state index contributed by atoms with van der Waals surface area (Å²) in [7, 11) is 0. The van der Waals surface area contributed by atoms with Crippen LogP contribution in [0.5, 0.6) is 0 Å². The van der Waals surface area contributed by atoms with Gasteiger partial charge in [0.25, 0.3) is 0 Å². The monoisotopic (exact) mass is 338 g/mol. The largest absolute Gasteiger partial charge is 0.295 e. The Balaban J connectivity index is 2.37. The summed E-state index contributed by atoms with van der Waals surface area (Å²) < 4.78 is 2.04. The van der Waals surface area contributed by atoms with E-state index in [-0.39, 0.29) is 0 Å². The molecule has 0 bridgehead atoms. The maximum absolute atomic E-state index is 6.16. The lowest BCUT2D eigenvalue weighted by molar-refractivity contribution is 0.971. The summed E-state index contributed by atoms with van der Waals surface area (Å²) in [5.41, 5.74) is 5.13. The van der Waals surface area contributed by atoms with Gasteiger partial charge in [-0.25, -0.2) is 4.98 Å². The van der Waals surface area contributed by atoms with E-state index in [0.717, 1.165) is 28.1 Å². The van der Waals surface area contributed by atoms with Gasteiger partial charge in [-0.05, 0) is 37.6 Å². The first-order valence-corrected chi connectivity index (χ1v) is 7.80. The van der Waals surface area contributed by atoms with E-state index in [2.05, 4.69) is 37.0 Å². The molecule has 1 aromatic heterocycles. The number of aromatic nitrogens is 2. The fourth-order valence-electron chi connectivity index (χ4n) is 2.54. The fraction of sp³-hybridized carbons (Fsp3) is 0.188. The molecule has 1 heterocycles. The first kappa shape index (κ1) is 14.7. The average Bonchev–Trinajstić information content (AvgIpc) is 2.77. The van der Waals surface area contributed by atoms with Gasteiger partial charge in [0.1, 0.15) is 5.82 Å². The van der Waals surface area contributed by atoms with Crippen LogP contribution in [0.1, 0.15) is 17.0 Å². The third kappa shape index (κ3) is 2.52. The van der Waals surface area contributed by atoms with Crippen LogP contribution in [0, 0.1) is 13.8 Å². The molecule has 2 nitrogen and oxygen atoms in total. The van der Waals surface area contributed by atoms with E-state index in [4.69, 9.17) is 34.8 Å². The Morgan fingerprint density at radius 1 is 1.05 bits per heavy atom. The first-order chi connectivity index (χ1) is 10.0. The van der Waals surface area contributed by atoms with Crippen molar-refractivity contribution in [2.24, 2.45) is 0 Å². The number of benzene rings is 2. The third-order valence-corrected chi connectivity index (χ3v) is 4.44. The molecule has 0 aliphatic heterocycles. The highest BCUT2D eigenvalue weighted by atomic mass is 35.5. The summed E-state index contributed by atoms with van der Waals surface area (Å²) in [6.07, 6.45) is 0. The Labute approximate surface area is 138 Å². The lowest BCUT2D eigenvalue weighted by atomic mass is 10.1. The molecular weight excluding hydrogens is 327 g/mol. The second-order valence-corrected chi connectivity index (χ2v) is 6.12. The Morgan fingerprint density at radius 3 is 2.43 bits per heavy atom. The summed E-state index contributed by atoms with van der Waals surface area (Å²) in [6.45, 7) is 4.14. The van der Waals surface area contributed by atoms with Crippen LogP contribution < -0.4 is 0 Å². The summed E-state index contributed by atoms with van der Waals surface area (Å²) in [4.78, 5) is 4.56. The summed E-state index contributed by atoms with van der Waals surface area (Å²) in [6, 6.07) is 9.89. The van der Waals surface area contributed by atoms with Gasteiger partial charge < -0.3 is 0 Å². The number of rotatable bonds is 2. The molecule has 0 unspecified atom stereocenters. The van der Waals surface area contributed by atoms with Gasteiger partial charge in [0.2, 0.25) is 0 Å². The van der Waals surface area contributed by atoms with Crippen LogP contribution in [0.3, 0.4) is 0 Å². The molecule has 0 spiro atoms. The van der Waals surface area contributed by atoms with E-state index in [1.54, 1.807) is 6.07 Å². The van der Waals surface area contributed by atoms with E-state index >= 15 is 0 Å². The predicted octanol–water partition coefficient (Wildman–Crippen LogP) is 5.69. The van der Waals surface area contributed by atoms with Crippen molar-refractivity contribution in [3.05, 3.63) is 57.3 Å². The molecule has 21 heavy (non-hydrogen) atoms. The van der Waals surface area contributed by atoms with Crippen LogP contribution in [0.15, 0.2) is 30.3 Å². The number of hydrogen-bond donors (Lipinski definition) is 0. The SMILES string of the molecule is Cc1ccc(-n2c(CCl)nc3cc(Cl)c(Cl)cc32)c(C)c1. The zero-order chi connectivity index (χ0) is 15.1. The summed E-state index contributed by atoms with van der Waals surface area (Å²) in [5, 5.41) is 1.01. The zero-order valence-electron chi connectivity index (χ0n) is 11.6. The minimum Gasteiger partial charge on any atom is -0.295 e. The zero-order valence-corrected chi connectivity index (χ0v) is 13.9. The third-order valence-electron chi connectivity index (χ3n) is 3.48. The minimum atomic E-state index is 0.317. The van der Waals surface area contributed by atoms with Gasteiger partial charge in [-0.15, -0.1) is 11.6 Å². The van der Waals surface area contributed by atoms with Gasteiger partial charge in [-0.1, -0.05) is 40.9 Å². The van der Waals surface area contributed by atoms with Crippen molar-refractivity contribution in [3.8, 4) is 5.69 Å². The maximum Gasteiger partial charge on any atom is 0.129 e. The van der Waals surface area contributed by atoms with Gasteiger partial charge in [0.15, 0.2) is 0 Å². The molecular formula is C16H13Cl3N2. The van der Waals surface area contributed by atoms with E-state index in [1.165, 1.54) is 5.56 Å². The van der Waals surface area contributed by atoms with Crippen molar-refractivity contribution in [1.29, 1.82) is 0 Å². The van der Waals surface area contributed by atoms with E-state index in [9.17, 15) is 0 Å². The normalized spacial score (nSPS) is 11.3. The van der Waals surface area contributed by atoms with Crippen molar-refractivity contribution in [3.63, 3.8) is 0 Å². The number of aryl methyl sites for hydroxylation is 2. The molecule has 0 saturated heterocycles. The van der Waals surface area contributed by atoms with Crippen molar-refractivity contribution >= 4 is 45.8 Å². The molecule has 0 aliphatic carbocycles. The Morgan fingerprint density at radius 2 is 1.76 bits per heavy atom. The second-order valence-electron chi connectivity index (χ2n) is 5.04. The quantitative estimate of drug-likeness (QED) is 0.549. The summed E-state index contributed by atoms with van der Waals surface area (Å²) >= 11 is 18.3. The molecule has 5 heteroatoms. The number of fused-ring (bicyclic) bond motifs is 1. The highest BCUT2D eigenvalue weighted by Gasteiger charge is 2.15. The number of nitrogens with zero attached hydrogens (tertiary/aromatic N) is 2. The van der Waals surface area contributed by atoms with Gasteiger partial charge in [-0.3, -0.25) is 4.57 Å². The number of halogens is 3. The van der Waals surface area contributed by atoms with Crippen LogP contribution >= 0.6 is 34.8 Å². The van der Waals surface area contributed by atoms with Crippen molar-refractivity contribution in [1.82, 2.24) is 9.55 Å². The fourth-order valence-corrected chi connectivity index (χ4v) is 3.03. The molecule has 3 rings (SSSR count). The average molecular weight is 340 g/mol. The van der Waals surface area contributed by atoms with Crippen LogP contribution in [-0.2, 0) is 5.88 Å². The Kier molecular flexibility index (Phi) is 3.87. The van der Waals surface area contributed by atoms with Crippen LogP contribution in [-0.4, -0.2) is 9.55 Å². The maximum atomic E-state index is 6.16. The van der Waals surface area contributed by atoms with E-state index < -0.39 is 0 Å². The van der Waals surface area contributed by atoms with Crippen molar-refractivity contribution in [2.45, 2.75) is 19.7 Å². The molecule has 0 aliphatic rings. The Bertz CT molecular complexity index is 837. The topological polar surface area (TPSA) is 17.8 Å². The van der Waals surface area contributed by atoms with E-state index in [0.29, 0.717) is 15.9 Å². The molecule has 108 valence electrons. The van der Waals surface area contributed by atoms with Crippen molar-refractivity contribution < 1.29 is 0 Å². The molecule has 0 N–H and O–H groups in total. The Hall–Kier alpha value is -1.22. The van der Waals surface area contributed by atoms with Crippen LogP contribution in [0.4, 0.5) is 0 Å². The van der Waals surface area contributed by atoms with Crippen LogP contribution in [0.2, 0.25) is 10.0 Å². The molecule has 0 fully saturated rings. The molecule has 0 saturated carbocycles. The molecule has 0 radical (unpaired) electrons. The number of imidazole rings is 1. The minimum absolute atomic E-state index is 0.317. The van der Waals surface area contributed by atoms with Crippen LogP contribution in [0.25, 0.3) is 16.7 Å². The standard InChI is InChI=1S/C16H13Cl3N2/c1-9-3-4-14(10(2)5-9)21-15-7-12(19)11(18)6-13(15)20-16(21)8-17/h3-7H,8H2,1-2H3. The summed E-state index contributed by atoms with van der Waals surface area (Å²) in [5.74, 6) is 1.09. The smallest absolute Gasteiger partial charge is 0.129 e. The van der Waals surface area contributed by atoms with Gasteiger partial charge in [-0.2, -0.15) is 0 Å². The lowest BCUT2D eigenvalue weighted by Gasteiger charge is -2.12. The van der Waals surface area contributed by atoms with Gasteiger partial charge >= 0.3 is 0 Å². The van der Waals surface area contributed by atoms with Gasteiger partial charge in [0, 0.05) is 0 Å². The molecule has 3 aromatic rings. The highest BCUT2D eigenvalue weighted by Crippen LogP contribution is 2.31. The molecule has 0 amide bonds.